The van der Waals surface area contributed by atoms with Crippen LogP contribution in [-0.2, 0) is 4.79 Å². The number of piperidine rings is 1. The van der Waals surface area contributed by atoms with Gasteiger partial charge < -0.3 is 15.2 Å². The third-order valence-corrected chi connectivity index (χ3v) is 4.40. The molecular formula is C17H21FN4O2. The Balaban J connectivity index is 1.72. The van der Waals surface area contributed by atoms with Crippen LogP contribution in [-0.4, -0.2) is 40.6 Å². The van der Waals surface area contributed by atoms with Crippen molar-refractivity contribution in [2.45, 2.75) is 25.7 Å². The number of aromatic nitrogens is 2. The van der Waals surface area contributed by atoms with Gasteiger partial charge >= 0.3 is 0 Å². The second-order valence-corrected chi connectivity index (χ2v) is 6.22. The number of carbonyl (C=O) groups is 1. The van der Waals surface area contributed by atoms with Gasteiger partial charge in [-0.15, -0.1) is 0 Å². The Morgan fingerprint density at radius 3 is 2.92 bits per heavy atom. The molecule has 3 rings (SSSR count). The van der Waals surface area contributed by atoms with Gasteiger partial charge in [-0.3, -0.25) is 4.79 Å². The fraction of sp³-hybridized carbons (Fsp3) is 0.471. The Kier molecular flexibility index (Phi) is 4.89. The van der Waals surface area contributed by atoms with Crippen LogP contribution in [0.4, 0.5) is 4.39 Å². The lowest BCUT2D eigenvalue weighted by Gasteiger charge is -2.32. The summed E-state index contributed by atoms with van der Waals surface area (Å²) in [5, 5.41) is 3.98. The molecule has 0 saturated carbocycles. The van der Waals surface area contributed by atoms with Gasteiger partial charge in [-0.2, -0.15) is 4.98 Å². The average Bonchev–Trinajstić information content (AvgIpc) is 3.11. The van der Waals surface area contributed by atoms with Crippen LogP contribution < -0.4 is 5.73 Å². The second-order valence-electron chi connectivity index (χ2n) is 6.22. The lowest BCUT2D eigenvalue weighted by atomic mass is 9.96. The van der Waals surface area contributed by atoms with E-state index in [0.717, 1.165) is 19.4 Å². The summed E-state index contributed by atoms with van der Waals surface area (Å²) in [6.45, 7) is 3.48. The van der Waals surface area contributed by atoms with Crippen LogP contribution in [0.15, 0.2) is 28.8 Å². The number of carbonyl (C=O) groups excluding carboxylic acids is 1. The van der Waals surface area contributed by atoms with Crippen LogP contribution in [0.25, 0.3) is 11.4 Å². The van der Waals surface area contributed by atoms with Gasteiger partial charge in [-0.1, -0.05) is 12.1 Å². The zero-order valence-electron chi connectivity index (χ0n) is 13.6. The molecule has 1 fully saturated rings. The number of hydrogen-bond acceptors (Lipinski definition) is 5. The van der Waals surface area contributed by atoms with Gasteiger partial charge in [0, 0.05) is 31.1 Å². The standard InChI is InChI=1S/C17H21FN4O2/c1-11(9-19)17(23)22-8-2-3-13(10-22)16-20-15(21-24-16)12-4-6-14(18)7-5-12/h4-7,11,13H,2-3,8-10,19H2,1H3. The maximum absolute atomic E-state index is 13.0. The normalized spacial score (nSPS) is 19.3. The number of halogens is 1. The first kappa shape index (κ1) is 16.6. The average molecular weight is 332 g/mol. The number of amides is 1. The fourth-order valence-corrected chi connectivity index (χ4v) is 2.91. The van der Waals surface area contributed by atoms with Crippen LogP contribution in [0.1, 0.15) is 31.6 Å². The molecule has 1 aliphatic heterocycles. The zero-order valence-corrected chi connectivity index (χ0v) is 13.6. The van der Waals surface area contributed by atoms with Crippen molar-refractivity contribution in [2.24, 2.45) is 11.7 Å². The lowest BCUT2D eigenvalue weighted by molar-refractivity contribution is -0.136. The predicted molar refractivity (Wildman–Crippen MR) is 86.5 cm³/mol. The minimum atomic E-state index is -0.307. The third-order valence-electron chi connectivity index (χ3n) is 4.40. The van der Waals surface area contributed by atoms with E-state index in [0.29, 0.717) is 30.4 Å². The van der Waals surface area contributed by atoms with Crippen molar-refractivity contribution in [1.82, 2.24) is 15.0 Å². The molecule has 1 amide bonds. The highest BCUT2D eigenvalue weighted by molar-refractivity contribution is 5.78. The van der Waals surface area contributed by atoms with Gasteiger partial charge in [-0.05, 0) is 37.1 Å². The number of likely N-dealkylation sites (tertiary alicyclic amines) is 1. The van der Waals surface area contributed by atoms with E-state index in [1.165, 1.54) is 12.1 Å². The highest BCUT2D eigenvalue weighted by Gasteiger charge is 2.30. The summed E-state index contributed by atoms with van der Waals surface area (Å²) < 4.78 is 18.4. The monoisotopic (exact) mass is 332 g/mol. The van der Waals surface area contributed by atoms with Crippen LogP contribution in [0, 0.1) is 11.7 Å². The summed E-state index contributed by atoms with van der Waals surface area (Å²) >= 11 is 0. The number of hydrogen-bond donors (Lipinski definition) is 1. The molecule has 1 aromatic carbocycles. The minimum Gasteiger partial charge on any atom is -0.342 e. The maximum Gasteiger partial charge on any atom is 0.231 e. The smallest absolute Gasteiger partial charge is 0.231 e. The van der Waals surface area contributed by atoms with Crippen LogP contribution in [0.2, 0.25) is 0 Å². The van der Waals surface area contributed by atoms with E-state index in [2.05, 4.69) is 10.1 Å². The van der Waals surface area contributed by atoms with E-state index < -0.39 is 0 Å². The molecule has 2 N–H and O–H groups in total. The van der Waals surface area contributed by atoms with Crippen molar-refractivity contribution in [3.05, 3.63) is 36.0 Å². The van der Waals surface area contributed by atoms with Crippen LogP contribution >= 0.6 is 0 Å². The van der Waals surface area contributed by atoms with Gasteiger partial charge in [0.15, 0.2) is 0 Å². The molecule has 6 nitrogen and oxygen atoms in total. The molecule has 0 bridgehead atoms. The molecule has 1 aliphatic rings. The molecule has 2 unspecified atom stereocenters. The summed E-state index contributed by atoms with van der Waals surface area (Å²) in [4.78, 5) is 18.6. The first-order valence-corrected chi connectivity index (χ1v) is 8.17. The summed E-state index contributed by atoms with van der Waals surface area (Å²) in [6, 6.07) is 5.95. The fourth-order valence-electron chi connectivity index (χ4n) is 2.91. The van der Waals surface area contributed by atoms with Gasteiger partial charge in [0.2, 0.25) is 17.6 Å². The molecule has 0 radical (unpaired) electrons. The van der Waals surface area contributed by atoms with Crippen LogP contribution in [0.5, 0.6) is 0 Å². The van der Waals surface area contributed by atoms with Crippen LogP contribution in [0.3, 0.4) is 0 Å². The topological polar surface area (TPSA) is 85.3 Å². The molecular weight excluding hydrogens is 311 g/mol. The van der Waals surface area contributed by atoms with Crippen molar-refractivity contribution >= 4 is 5.91 Å². The van der Waals surface area contributed by atoms with Gasteiger partial charge in [0.25, 0.3) is 0 Å². The minimum absolute atomic E-state index is 0.0226. The van der Waals surface area contributed by atoms with Crippen molar-refractivity contribution in [2.75, 3.05) is 19.6 Å². The molecule has 2 aromatic rings. The SMILES string of the molecule is CC(CN)C(=O)N1CCCC(c2nc(-c3ccc(F)cc3)no2)C1. The molecule has 1 saturated heterocycles. The second kappa shape index (κ2) is 7.09. The zero-order chi connectivity index (χ0) is 17.1. The van der Waals surface area contributed by atoms with Crippen molar-refractivity contribution in [3.8, 4) is 11.4 Å². The molecule has 24 heavy (non-hydrogen) atoms. The highest BCUT2D eigenvalue weighted by atomic mass is 19.1. The van der Waals surface area contributed by atoms with E-state index in [4.69, 9.17) is 10.3 Å². The summed E-state index contributed by atoms with van der Waals surface area (Å²) in [5.74, 6) is 0.560. The van der Waals surface area contributed by atoms with Gasteiger partial charge in [0.1, 0.15) is 5.82 Å². The van der Waals surface area contributed by atoms with E-state index in [-0.39, 0.29) is 23.6 Å². The molecule has 0 spiro atoms. The van der Waals surface area contributed by atoms with Gasteiger partial charge in [-0.25, -0.2) is 4.39 Å². The highest BCUT2D eigenvalue weighted by Crippen LogP contribution is 2.28. The van der Waals surface area contributed by atoms with Gasteiger partial charge in [0.05, 0.1) is 5.92 Å². The first-order chi connectivity index (χ1) is 11.6. The van der Waals surface area contributed by atoms with Crippen molar-refractivity contribution in [1.29, 1.82) is 0 Å². The van der Waals surface area contributed by atoms with E-state index in [1.807, 2.05) is 11.8 Å². The third kappa shape index (κ3) is 3.46. The van der Waals surface area contributed by atoms with E-state index in [1.54, 1.807) is 12.1 Å². The Bertz CT molecular complexity index is 701. The number of nitrogens with two attached hydrogens (primary N) is 1. The number of rotatable bonds is 4. The molecule has 2 atom stereocenters. The summed E-state index contributed by atoms with van der Waals surface area (Å²) in [6.07, 6.45) is 1.79. The Hall–Kier alpha value is -2.28. The Labute approximate surface area is 139 Å². The molecule has 7 heteroatoms. The number of nitrogens with zero attached hydrogens (tertiary/aromatic N) is 3. The molecule has 1 aromatic heterocycles. The maximum atomic E-state index is 13.0. The first-order valence-electron chi connectivity index (χ1n) is 8.17. The van der Waals surface area contributed by atoms with Crippen molar-refractivity contribution in [3.63, 3.8) is 0 Å². The Morgan fingerprint density at radius 1 is 1.46 bits per heavy atom. The molecule has 0 aliphatic carbocycles. The largest absolute Gasteiger partial charge is 0.342 e. The predicted octanol–water partition coefficient (Wildman–Crippen LogP) is 2.18. The van der Waals surface area contributed by atoms with Crippen molar-refractivity contribution < 1.29 is 13.7 Å². The lowest BCUT2D eigenvalue weighted by Crippen LogP contribution is -2.43. The quantitative estimate of drug-likeness (QED) is 0.927. The number of benzene rings is 1. The summed E-state index contributed by atoms with van der Waals surface area (Å²) in [7, 11) is 0. The molecule has 128 valence electrons. The molecule has 2 heterocycles. The summed E-state index contributed by atoms with van der Waals surface area (Å²) in [5.41, 5.74) is 6.29. The van der Waals surface area contributed by atoms with E-state index in [9.17, 15) is 9.18 Å². The Morgan fingerprint density at radius 2 is 2.21 bits per heavy atom. The van der Waals surface area contributed by atoms with E-state index >= 15 is 0 Å².